The van der Waals surface area contributed by atoms with Gasteiger partial charge in [0.05, 0.1) is 0 Å². The normalized spacial score (nSPS) is 36.9. The number of allylic oxidation sites excluding steroid dienone is 1. The molecule has 4 aliphatic carbocycles. The molecule has 1 aromatic carbocycles. The van der Waals surface area contributed by atoms with E-state index < -0.39 is 0 Å². The van der Waals surface area contributed by atoms with Gasteiger partial charge in [0, 0.05) is 6.42 Å². The van der Waals surface area contributed by atoms with Crippen LogP contribution >= 0.6 is 15.9 Å². The number of carbonyl (C=O) groups excluding carboxylic acids is 1. The predicted molar refractivity (Wildman–Crippen MR) is 166 cm³/mol. The van der Waals surface area contributed by atoms with Crippen molar-refractivity contribution >= 4 is 28.0 Å². The van der Waals surface area contributed by atoms with Crippen molar-refractivity contribution in [3.63, 3.8) is 0 Å². The van der Waals surface area contributed by atoms with Crippen LogP contribution in [0, 0.1) is 46.3 Å². The molecule has 8 atom stereocenters. The van der Waals surface area contributed by atoms with Crippen LogP contribution in [0.2, 0.25) is 0 Å². The molecule has 0 unspecified atom stereocenters. The Balaban J connectivity index is 1.23. The number of hydrogen-bond acceptors (Lipinski definition) is 2. The van der Waals surface area contributed by atoms with Crippen molar-refractivity contribution in [3.8, 4) is 0 Å². The van der Waals surface area contributed by atoms with Crippen molar-refractivity contribution in [1.29, 1.82) is 0 Å². The van der Waals surface area contributed by atoms with Crippen LogP contribution in [-0.4, -0.2) is 12.1 Å². The number of rotatable bonds is 8. The number of fused-ring (bicyclic) bond motifs is 5. The molecule has 2 nitrogen and oxygen atoms in total. The second kappa shape index (κ2) is 11.9. The summed E-state index contributed by atoms with van der Waals surface area (Å²) in [4.78, 5) is 12.9. The summed E-state index contributed by atoms with van der Waals surface area (Å²) in [5.74, 6) is 4.88. The van der Waals surface area contributed by atoms with Gasteiger partial charge in [0.25, 0.3) is 0 Å². The summed E-state index contributed by atoms with van der Waals surface area (Å²) in [5.41, 5.74) is 3.40. The monoisotopic (exact) mass is 594 g/mol. The summed E-state index contributed by atoms with van der Waals surface area (Å²) >= 11 is 3.47. The Kier molecular flexibility index (Phi) is 8.87. The van der Waals surface area contributed by atoms with E-state index in [2.05, 4.69) is 56.6 Å². The minimum absolute atomic E-state index is 0.0125. The zero-order chi connectivity index (χ0) is 27.8. The summed E-state index contributed by atoms with van der Waals surface area (Å²) < 4.78 is 6.53. The van der Waals surface area contributed by atoms with E-state index in [1.54, 1.807) is 5.57 Å². The molecule has 0 heterocycles. The van der Waals surface area contributed by atoms with Gasteiger partial charge in [-0.25, -0.2) is 4.79 Å². The van der Waals surface area contributed by atoms with E-state index in [1.165, 1.54) is 51.4 Å². The first-order chi connectivity index (χ1) is 18.6. The van der Waals surface area contributed by atoms with E-state index in [1.807, 2.05) is 36.4 Å². The molecule has 0 spiro atoms. The van der Waals surface area contributed by atoms with Gasteiger partial charge in [-0.3, -0.25) is 0 Å². The average Bonchev–Trinajstić information content (AvgIpc) is 3.26. The first-order valence-corrected chi connectivity index (χ1v) is 16.7. The molecule has 0 amide bonds. The van der Waals surface area contributed by atoms with Gasteiger partial charge >= 0.3 is 5.97 Å². The topological polar surface area (TPSA) is 26.3 Å². The second-order valence-corrected chi connectivity index (χ2v) is 15.3. The Bertz CT molecular complexity index is 1070. The fourth-order valence-corrected chi connectivity index (χ4v) is 10.1. The number of benzene rings is 1. The van der Waals surface area contributed by atoms with Gasteiger partial charge in [-0.1, -0.05) is 95.9 Å². The van der Waals surface area contributed by atoms with Crippen LogP contribution in [0.25, 0.3) is 6.08 Å². The number of esters is 1. The third-order valence-electron chi connectivity index (χ3n) is 11.8. The van der Waals surface area contributed by atoms with Crippen LogP contribution in [0.4, 0.5) is 0 Å². The third-order valence-corrected chi connectivity index (χ3v) is 12.4. The van der Waals surface area contributed by atoms with Crippen molar-refractivity contribution in [1.82, 2.24) is 0 Å². The lowest BCUT2D eigenvalue weighted by atomic mass is 9.47. The molecule has 0 aliphatic heterocycles. The highest BCUT2D eigenvalue weighted by molar-refractivity contribution is 9.12. The van der Waals surface area contributed by atoms with Gasteiger partial charge < -0.3 is 4.74 Å². The van der Waals surface area contributed by atoms with Crippen LogP contribution in [0.15, 0.2) is 46.5 Å². The minimum atomic E-state index is -0.241. The first kappa shape index (κ1) is 29.2. The maximum absolute atomic E-state index is 12.9. The van der Waals surface area contributed by atoms with Crippen molar-refractivity contribution in [2.75, 3.05) is 0 Å². The lowest BCUT2D eigenvalue weighted by Crippen LogP contribution is -2.51. The maximum atomic E-state index is 12.9. The number of hydrogen-bond donors (Lipinski definition) is 0. The standard InChI is InChI=1S/C36H51BrO2/c1-24(2)10-9-11-25(3)30-16-17-31-29-15-14-27-23-28(18-20-35(27,4)32(29)19-21-36(30,31)5)39-34(38)33(37)22-26-12-7-6-8-13-26/h6-8,12-14,22,24-25,28-32H,9-11,15-21,23H2,1-5H3/b33-22-/t25-,28+,29+,30-,31-,32+,35+,36-/m1/s1. The molecule has 3 fully saturated rings. The van der Waals surface area contributed by atoms with E-state index in [9.17, 15) is 4.79 Å². The molecule has 0 bridgehead atoms. The summed E-state index contributed by atoms with van der Waals surface area (Å²) in [6.07, 6.45) is 18.6. The van der Waals surface area contributed by atoms with E-state index in [0.29, 0.717) is 9.90 Å². The average molecular weight is 596 g/mol. The quantitative estimate of drug-likeness (QED) is 0.170. The van der Waals surface area contributed by atoms with E-state index in [0.717, 1.165) is 60.3 Å². The molecule has 1 aromatic rings. The smallest absolute Gasteiger partial charge is 0.345 e. The molecule has 0 saturated heterocycles. The molecule has 4 aliphatic rings. The summed E-state index contributed by atoms with van der Waals surface area (Å²) in [6.45, 7) is 12.5. The lowest BCUT2D eigenvalue weighted by Gasteiger charge is -2.58. The van der Waals surface area contributed by atoms with Crippen molar-refractivity contribution in [2.45, 2.75) is 111 Å². The molecule has 3 saturated carbocycles. The highest BCUT2D eigenvalue weighted by atomic mass is 79.9. The highest BCUT2D eigenvalue weighted by Crippen LogP contribution is 2.67. The van der Waals surface area contributed by atoms with Gasteiger partial charge in [-0.05, 0) is 119 Å². The lowest BCUT2D eigenvalue weighted by molar-refractivity contribution is -0.145. The van der Waals surface area contributed by atoms with Gasteiger partial charge in [0.15, 0.2) is 0 Å². The molecule has 0 aromatic heterocycles. The maximum Gasteiger partial charge on any atom is 0.345 e. The van der Waals surface area contributed by atoms with Gasteiger partial charge in [0.2, 0.25) is 0 Å². The van der Waals surface area contributed by atoms with Crippen LogP contribution in [0.1, 0.15) is 111 Å². The highest BCUT2D eigenvalue weighted by Gasteiger charge is 2.59. The van der Waals surface area contributed by atoms with Crippen LogP contribution in [-0.2, 0) is 9.53 Å². The molecule has 39 heavy (non-hydrogen) atoms. The molecule has 5 rings (SSSR count). The second-order valence-electron chi connectivity index (χ2n) is 14.5. The van der Waals surface area contributed by atoms with Crippen molar-refractivity contribution in [3.05, 3.63) is 52.0 Å². The Morgan fingerprint density at radius 2 is 1.79 bits per heavy atom. The number of halogens is 1. The number of ether oxygens (including phenoxy) is 1. The predicted octanol–water partition coefficient (Wildman–Crippen LogP) is 10.4. The Hall–Kier alpha value is -1.35. The van der Waals surface area contributed by atoms with Crippen LogP contribution < -0.4 is 0 Å². The fraction of sp³-hybridized carbons (Fsp3) is 0.694. The molecular weight excluding hydrogens is 544 g/mol. The van der Waals surface area contributed by atoms with Gasteiger partial charge in [-0.15, -0.1) is 0 Å². The third kappa shape index (κ3) is 5.86. The minimum Gasteiger partial charge on any atom is -0.458 e. The summed E-state index contributed by atoms with van der Waals surface area (Å²) in [5, 5.41) is 0. The van der Waals surface area contributed by atoms with E-state index >= 15 is 0 Å². The van der Waals surface area contributed by atoms with Gasteiger partial charge in [-0.2, -0.15) is 0 Å². The van der Waals surface area contributed by atoms with Crippen LogP contribution in [0.3, 0.4) is 0 Å². The molecule has 0 N–H and O–H groups in total. The van der Waals surface area contributed by atoms with Crippen LogP contribution in [0.5, 0.6) is 0 Å². The van der Waals surface area contributed by atoms with E-state index in [4.69, 9.17) is 4.74 Å². The molecular formula is C36H51BrO2. The number of carbonyl (C=O) groups is 1. The largest absolute Gasteiger partial charge is 0.458 e. The molecule has 3 heteroatoms. The first-order valence-electron chi connectivity index (χ1n) is 15.9. The SMILES string of the molecule is CC(C)CCC[C@@H](C)[C@H]1CC[C@@H]2[C@@H]3CC=C4C[C@@H](OC(=O)/C(Br)=C/c5ccccc5)CC[C@]4(C)[C@H]3CC[C@@]21C. The Labute approximate surface area is 246 Å². The van der Waals surface area contributed by atoms with Gasteiger partial charge in [0.1, 0.15) is 10.6 Å². The van der Waals surface area contributed by atoms with Crippen molar-refractivity contribution < 1.29 is 9.53 Å². The van der Waals surface area contributed by atoms with Crippen molar-refractivity contribution in [2.24, 2.45) is 46.3 Å². The Morgan fingerprint density at radius 3 is 2.54 bits per heavy atom. The summed E-state index contributed by atoms with van der Waals surface area (Å²) in [7, 11) is 0. The molecule has 214 valence electrons. The van der Waals surface area contributed by atoms with E-state index in [-0.39, 0.29) is 17.5 Å². The zero-order valence-corrected chi connectivity index (χ0v) is 26.6. The fourth-order valence-electron chi connectivity index (χ4n) is 9.71. The Morgan fingerprint density at radius 1 is 1.03 bits per heavy atom. The zero-order valence-electron chi connectivity index (χ0n) is 25.1. The summed E-state index contributed by atoms with van der Waals surface area (Å²) in [6, 6.07) is 9.95. The molecule has 0 radical (unpaired) electrons.